The lowest BCUT2D eigenvalue weighted by atomic mass is 9.85. The van der Waals surface area contributed by atoms with Crippen molar-refractivity contribution in [3.8, 4) is 0 Å². The second kappa shape index (κ2) is 8.99. The molecule has 1 aromatic carbocycles. The van der Waals surface area contributed by atoms with E-state index in [2.05, 4.69) is 10.6 Å². The van der Waals surface area contributed by atoms with Gasteiger partial charge in [0.1, 0.15) is 0 Å². The van der Waals surface area contributed by atoms with Gasteiger partial charge in [-0.15, -0.1) is 23.7 Å². The van der Waals surface area contributed by atoms with Gasteiger partial charge >= 0.3 is 0 Å². The van der Waals surface area contributed by atoms with Crippen molar-refractivity contribution in [2.75, 3.05) is 10.6 Å². The molecule has 1 aliphatic carbocycles. The van der Waals surface area contributed by atoms with Crippen LogP contribution in [0.15, 0.2) is 41.8 Å². The molecule has 0 radical (unpaired) electrons. The first-order chi connectivity index (χ1) is 11.6. The minimum Gasteiger partial charge on any atom is -0.328 e. The predicted molar refractivity (Wildman–Crippen MR) is 105 cm³/mol. The third-order valence-corrected chi connectivity index (χ3v) is 5.09. The quantitative estimate of drug-likeness (QED) is 0.753. The first kappa shape index (κ1) is 19.4. The van der Waals surface area contributed by atoms with E-state index >= 15 is 0 Å². The van der Waals surface area contributed by atoms with E-state index in [1.54, 1.807) is 18.2 Å². The third kappa shape index (κ3) is 5.29. The molecule has 134 valence electrons. The first-order valence-electron chi connectivity index (χ1n) is 8.13. The van der Waals surface area contributed by atoms with Gasteiger partial charge in [0, 0.05) is 23.3 Å². The summed E-state index contributed by atoms with van der Waals surface area (Å²) in [6.45, 7) is 0. The van der Waals surface area contributed by atoms with Crippen LogP contribution in [0, 0.1) is 5.92 Å². The van der Waals surface area contributed by atoms with Gasteiger partial charge in [0.2, 0.25) is 5.91 Å². The maximum Gasteiger partial charge on any atom is 0.265 e. The highest BCUT2D eigenvalue weighted by molar-refractivity contribution is 7.12. The molecule has 2 unspecified atom stereocenters. The van der Waals surface area contributed by atoms with Crippen LogP contribution in [-0.4, -0.2) is 17.9 Å². The van der Waals surface area contributed by atoms with Crippen molar-refractivity contribution in [2.45, 2.75) is 31.7 Å². The number of nitrogens with one attached hydrogen (secondary N) is 2. The van der Waals surface area contributed by atoms with E-state index in [9.17, 15) is 9.59 Å². The fourth-order valence-corrected chi connectivity index (χ4v) is 3.60. The summed E-state index contributed by atoms with van der Waals surface area (Å²) in [4.78, 5) is 25.1. The highest BCUT2D eigenvalue weighted by Crippen LogP contribution is 2.25. The largest absolute Gasteiger partial charge is 0.328 e. The van der Waals surface area contributed by atoms with Gasteiger partial charge in [0.15, 0.2) is 0 Å². The molecule has 1 saturated carbocycles. The van der Waals surface area contributed by atoms with Crippen LogP contribution in [0.1, 0.15) is 35.4 Å². The van der Waals surface area contributed by atoms with Gasteiger partial charge < -0.3 is 16.4 Å². The average Bonchev–Trinajstić information content (AvgIpc) is 3.10. The van der Waals surface area contributed by atoms with E-state index in [0.717, 1.165) is 25.7 Å². The summed E-state index contributed by atoms with van der Waals surface area (Å²) < 4.78 is 0. The zero-order valence-electron chi connectivity index (χ0n) is 13.7. The van der Waals surface area contributed by atoms with Crippen LogP contribution < -0.4 is 16.4 Å². The molecular formula is C18H22ClN3O2S. The molecule has 3 rings (SSSR count). The molecule has 0 bridgehead atoms. The zero-order valence-corrected chi connectivity index (χ0v) is 15.4. The van der Waals surface area contributed by atoms with Crippen molar-refractivity contribution in [2.24, 2.45) is 11.7 Å². The molecule has 2 amide bonds. The first-order valence-corrected chi connectivity index (χ1v) is 9.01. The van der Waals surface area contributed by atoms with Crippen molar-refractivity contribution in [1.82, 2.24) is 0 Å². The van der Waals surface area contributed by atoms with Gasteiger partial charge in [0.25, 0.3) is 5.91 Å². The predicted octanol–water partition coefficient (Wildman–Crippen LogP) is 3.88. The Balaban J connectivity index is 0.00000225. The molecule has 1 fully saturated rings. The van der Waals surface area contributed by atoms with Crippen LogP contribution in [0.3, 0.4) is 0 Å². The highest BCUT2D eigenvalue weighted by Gasteiger charge is 2.25. The number of anilines is 2. The van der Waals surface area contributed by atoms with Gasteiger partial charge in [-0.05, 0) is 48.9 Å². The van der Waals surface area contributed by atoms with Crippen LogP contribution in [-0.2, 0) is 4.79 Å². The monoisotopic (exact) mass is 379 g/mol. The Bertz CT molecular complexity index is 721. The molecule has 4 N–H and O–H groups in total. The number of carbonyl (C=O) groups excluding carboxylic acids is 2. The SMILES string of the molecule is Cl.NC1CCCC(C(=O)Nc2cccc(NC(=O)c3cccs3)c2)C1. The summed E-state index contributed by atoms with van der Waals surface area (Å²) in [7, 11) is 0. The lowest BCUT2D eigenvalue weighted by Crippen LogP contribution is -2.34. The third-order valence-electron chi connectivity index (χ3n) is 4.22. The lowest BCUT2D eigenvalue weighted by Gasteiger charge is -2.25. The summed E-state index contributed by atoms with van der Waals surface area (Å²) in [6.07, 6.45) is 3.61. The van der Waals surface area contributed by atoms with Crippen molar-refractivity contribution in [3.63, 3.8) is 0 Å². The standard InChI is InChI=1S/C18H21N3O2S.ClH/c19-13-5-1-4-12(10-13)17(22)20-14-6-2-7-15(11-14)21-18(23)16-8-3-9-24-16;/h2-3,6-9,11-13H,1,4-5,10,19H2,(H,20,22)(H,21,23);1H. The van der Waals surface area contributed by atoms with E-state index in [1.165, 1.54) is 11.3 Å². The summed E-state index contributed by atoms with van der Waals surface area (Å²) in [6, 6.07) is 10.9. The summed E-state index contributed by atoms with van der Waals surface area (Å²) >= 11 is 1.39. The fourth-order valence-electron chi connectivity index (χ4n) is 2.99. The molecule has 0 aliphatic heterocycles. The van der Waals surface area contributed by atoms with Crippen molar-refractivity contribution in [1.29, 1.82) is 0 Å². The Morgan fingerprint density at radius 3 is 2.52 bits per heavy atom. The molecule has 7 heteroatoms. The normalized spacial score (nSPS) is 19.6. The average molecular weight is 380 g/mol. The number of thiophene rings is 1. The summed E-state index contributed by atoms with van der Waals surface area (Å²) in [5.74, 6) is -0.170. The minimum atomic E-state index is -0.147. The Morgan fingerprint density at radius 2 is 1.84 bits per heavy atom. The maximum absolute atomic E-state index is 12.4. The maximum atomic E-state index is 12.4. The Labute approximate surface area is 157 Å². The summed E-state index contributed by atoms with van der Waals surface area (Å²) in [5.41, 5.74) is 7.30. The molecule has 0 spiro atoms. The van der Waals surface area contributed by atoms with Gasteiger partial charge in [-0.3, -0.25) is 9.59 Å². The summed E-state index contributed by atoms with van der Waals surface area (Å²) in [5, 5.41) is 7.64. The van der Waals surface area contributed by atoms with E-state index in [-0.39, 0.29) is 36.2 Å². The number of benzene rings is 1. The molecule has 1 aromatic heterocycles. The van der Waals surface area contributed by atoms with Crippen molar-refractivity contribution in [3.05, 3.63) is 46.7 Å². The fraction of sp³-hybridized carbons (Fsp3) is 0.333. The van der Waals surface area contributed by atoms with Gasteiger partial charge in [0.05, 0.1) is 4.88 Å². The van der Waals surface area contributed by atoms with E-state index in [0.29, 0.717) is 16.3 Å². The number of hydrogen-bond donors (Lipinski definition) is 3. The van der Waals surface area contributed by atoms with E-state index in [1.807, 2.05) is 23.6 Å². The Hall–Kier alpha value is -1.89. The second-order valence-corrected chi connectivity index (χ2v) is 7.07. The topological polar surface area (TPSA) is 84.2 Å². The second-order valence-electron chi connectivity index (χ2n) is 6.13. The number of amides is 2. The van der Waals surface area contributed by atoms with E-state index in [4.69, 9.17) is 5.73 Å². The van der Waals surface area contributed by atoms with E-state index < -0.39 is 0 Å². The lowest BCUT2D eigenvalue weighted by molar-refractivity contribution is -0.120. The van der Waals surface area contributed by atoms with Crippen LogP contribution in [0.2, 0.25) is 0 Å². The number of nitrogens with two attached hydrogens (primary N) is 1. The highest BCUT2D eigenvalue weighted by atomic mass is 35.5. The molecular weight excluding hydrogens is 358 g/mol. The molecule has 5 nitrogen and oxygen atoms in total. The molecule has 1 aliphatic rings. The van der Waals surface area contributed by atoms with Gasteiger partial charge in [-0.2, -0.15) is 0 Å². The Kier molecular flexibility index (Phi) is 6.99. The number of hydrogen-bond acceptors (Lipinski definition) is 4. The van der Waals surface area contributed by atoms with Crippen molar-refractivity contribution >= 4 is 46.9 Å². The molecule has 2 atom stereocenters. The molecule has 25 heavy (non-hydrogen) atoms. The number of rotatable bonds is 4. The van der Waals surface area contributed by atoms with Gasteiger partial charge in [-0.1, -0.05) is 18.6 Å². The number of halogens is 1. The zero-order chi connectivity index (χ0) is 16.9. The minimum absolute atomic E-state index is 0. The van der Waals surface area contributed by atoms with Crippen LogP contribution >= 0.6 is 23.7 Å². The van der Waals surface area contributed by atoms with Crippen LogP contribution in [0.5, 0.6) is 0 Å². The Morgan fingerprint density at radius 1 is 1.08 bits per heavy atom. The molecule has 1 heterocycles. The molecule has 0 saturated heterocycles. The van der Waals surface area contributed by atoms with Crippen molar-refractivity contribution < 1.29 is 9.59 Å². The van der Waals surface area contributed by atoms with Gasteiger partial charge in [-0.25, -0.2) is 0 Å². The molecule has 2 aromatic rings. The van der Waals surface area contributed by atoms with Crippen LogP contribution in [0.4, 0.5) is 11.4 Å². The number of carbonyl (C=O) groups is 2. The van der Waals surface area contributed by atoms with Crippen LogP contribution in [0.25, 0.3) is 0 Å². The smallest absolute Gasteiger partial charge is 0.265 e.